The highest BCUT2D eigenvalue weighted by Crippen LogP contribution is 2.44. The van der Waals surface area contributed by atoms with Crippen molar-refractivity contribution in [2.24, 2.45) is 5.92 Å². The second-order valence-electron chi connectivity index (χ2n) is 7.54. The van der Waals surface area contributed by atoms with Crippen LogP contribution >= 0.6 is 0 Å². The molecule has 7 heteroatoms. The first-order valence-corrected chi connectivity index (χ1v) is 9.03. The quantitative estimate of drug-likeness (QED) is 0.817. The Balaban J connectivity index is 1.52. The maximum absolute atomic E-state index is 14.1. The van der Waals surface area contributed by atoms with Gasteiger partial charge in [0.05, 0.1) is 0 Å². The third-order valence-electron chi connectivity index (χ3n) is 5.84. The molecule has 3 fully saturated rings. The van der Waals surface area contributed by atoms with Crippen molar-refractivity contribution in [1.82, 2.24) is 10.2 Å². The lowest BCUT2D eigenvalue weighted by atomic mass is 9.75. The lowest BCUT2D eigenvalue weighted by Gasteiger charge is -2.41. The Morgan fingerprint density at radius 3 is 2.33 bits per heavy atom. The molecule has 1 heterocycles. The first-order chi connectivity index (χ1) is 11.3. The molecule has 1 atom stereocenters. The molecule has 0 spiro atoms. The second kappa shape index (κ2) is 6.58. The number of nitrogens with one attached hydrogen (secondary N) is 1. The lowest BCUT2D eigenvalue weighted by Crippen LogP contribution is -2.62. The van der Waals surface area contributed by atoms with Crippen molar-refractivity contribution in [1.29, 1.82) is 0 Å². The monoisotopic (exact) mass is 344 g/mol. The summed E-state index contributed by atoms with van der Waals surface area (Å²) in [4.78, 5) is 26.1. The van der Waals surface area contributed by atoms with Crippen LogP contribution in [0.25, 0.3) is 0 Å². The van der Waals surface area contributed by atoms with Crippen LogP contribution in [0.2, 0.25) is 0 Å². The fourth-order valence-corrected chi connectivity index (χ4v) is 4.00. The normalized spacial score (nSPS) is 27.6. The van der Waals surface area contributed by atoms with Gasteiger partial charge in [0.25, 0.3) is 5.91 Å². The van der Waals surface area contributed by atoms with E-state index in [0.717, 1.165) is 25.7 Å². The van der Waals surface area contributed by atoms with Gasteiger partial charge in [0.2, 0.25) is 5.91 Å². The summed E-state index contributed by atoms with van der Waals surface area (Å²) in [5, 5.41) is 12.2. The summed E-state index contributed by atoms with van der Waals surface area (Å²) >= 11 is 0. The van der Waals surface area contributed by atoms with Gasteiger partial charge in [-0.05, 0) is 38.5 Å². The molecule has 136 valence electrons. The van der Waals surface area contributed by atoms with Crippen LogP contribution in [-0.2, 0) is 9.59 Å². The van der Waals surface area contributed by atoms with Gasteiger partial charge in [0.15, 0.2) is 0 Å². The number of amides is 2. The largest absolute Gasteiger partial charge is 0.383 e. The fraction of sp³-hybridized carbons (Fsp3) is 0.882. The van der Waals surface area contributed by atoms with Gasteiger partial charge < -0.3 is 15.3 Å². The minimum absolute atomic E-state index is 0.0466. The van der Waals surface area contributed by atoms with Gasteiger partial charge in [-0.3, -0.25) is 9.59 Å². The molecule has 0 aromatic carbocycles. The van der Waals surface area contributed by atoms with Crippen molar-refractivity contribution in [2.45, 2.75) is 75.4 Å². The number of aliphatic hydroxyl groups is 1. The molecular weight excluding hydrogens is 318 g/mol. The number of rotatable bonds is 4. The van der Waals surface area contributed by atoms with Crippen LogP contribution < -0.4 is 5.32 Å². The van der Waals surface area contributed by atoms with Crippen LogP contribution in [0.4, 0.5) is 8.78 Å². The van der Waals surface area contributed by atoms with Gasteiger partial charge in [0.1, 0.15) is 5.60 Å². The molecule has 2 saturated carbocycles. The van der Waals surface area contributed by atoms with Gasteiger partial charge in [-0.25, -0.2) is 0 Å². The molecule has 2 N–H and O–H groups in total. The van der Waals surface area contributed by atoms with Gasteiger partial charge in [-0.2, -0.15) is 8.78 Å². The molecule has 0 aromatic rings. The molecule has 3 rings (SSSR count). The van der Waals surface area contributed by atoms with Crippen LogP contribution in [0.15, 0.2) is 0 Å². The Hall–Kier alpha value is -1.24. The highest BCUT2D eigenvalue weighted by molar-refractivity contribution is 5.85. The number of nitrogens with zero attached hydrogens (tertiary/aromatic N) is 1. The number of hydrogen-bond donors (Lipinski definition) is 2. The number of hydrogen-bond acceptors (Lipinski definition) is 3. The van der Waals surface area contributed by atoms with Crippen LogP contribution in [0.3, 0.4) is 0 Å². The van der Waals surface area contributed by atoms with E-state index in [1.807, 2.05) is 0 Å². The molecule has 1 aliphatic heterocycles. The summed E-state index contributed by atoms with van der Waals surface area (Å²) in [5.74, 6) is -5.05. The van der Waals surface area contributed by atoms with Gasteiger partial charge >= 0.3 is 5.92 Å². The summed E-state index contributed by atoms with van der Waals surface area (Å²) in [5.41, 5.74) is -2.20. The summed E-state index contributed by atoms with van der Waals surface area (Å²) < 4.78 is 28.2. The highest BCUT2D eigenvalue weighted by atomic mass is 19.3. The van der Waals surface area contributed by atoms with Gasteiger partial charge in [-0.15, -0.1) is 0 Å². The third kappa shape index (κ3) is 3.15. The third-order valence-corrected chi connectivity index (χ3v) is 5.84. The van der Waals surface area contributed by atoms with E-state index in [-0.39, 0.29) is 31.2 Å². The van der Waals surface area contributed by atoms with E-state index in [1.165, 1.54) is 6.42 Å². The average molecular weight is 344 g/mol. The highest BCUT2D eigenvalue weighted by Gasteiger charge is 2.61. The lowest BCUT2D eigenvalue weighted by molar-refractivity contribution is -0.216. The molecule has 0 radical (unpaired) electrons. The van der Waals surface area contributed by atoms with Crippen LogP contribution in [0.1, 0.15) is 57.8 Å². The maximum atomic E-state index is 14.1. The van der Waals surface area contributed by atoms with E-state index in [0.29, 0.717) is 19.4 Å². The predicted molar refractivity (Wildman–Crippen MR) is 83.5 cm³/mol. The topological polar surface area (TPSA) is 69.6 Å². The zero-order valence-electron chi connectivity index (χ0n) is 13.9. The molecule has 24 heavy (non-hydrogen) atoms. The summed E-state index contributed by atoms with van der Waals surface area (Å²) in [6, 6.07) is -0.459. The Kier molecular flexibility index (Phi) is 4.82. The van der Waals surface area contributed by atoms with Crippen molar-refractivity contribution in [3.63, 3.8) is 0 Å². The minimum Gasteiger partial charge on any atom is -0.383 e. The number of alkyl halides is 2. The summed E-state index contributed by atoms with van der Waals surface area (Å²) in [6.45, 7) is 0.783. The SMILES string of the molecule is O=C(C1CCCCC1)N1CCC(NC(=O)C(F)(F)C2(O)CCC2)C1. The fourth-order valence-electron chi connectivity index (χ4n) is 4.00. The van der Waals surface area contributed by atoms with Gasteiger partial charge in [0, 0.05) is 25.0 Å². The van der Waals surface area contributed by atoms with E-state index >= 15 is 0 Å². The molecule has 0 aromatic heterocycles. The standard InChI is InChI=1S/C17H26F2N2O3/c18-17(19,16(24)8-4-9-16)15(23)20-13-7-10-21(11-13)14(22)12-5-2-1-3-6-12/h12-13,24H,1-11H2,(H,20,23). The Bertz CT molecular complexity index is 502. The number of carbonyl (C=O) groups is 2. The summed E-state index contributed by atoms with van der Waals surface area (Å²) in [6.07, 6.45) is 5.99. The number of halogens is 2. The van der Waals surface area contributed by atoms with E-state index < -0.39 is 23.5 Å². The van der Waals surface area contributed by atoms with Crippen molar-refractivity contribution in [3.05, 3.63) is 0 Å². The molecule has 1 saturated heterocycles. The van der Waals surface area contributed by atoms with E-state index in [4.69, 9.17) is 0 Å². The zero-order chi connectivity index (χ0) is 17.4. The average Bonchev–Trinajstić information content (AvgIpc) is 3.01. The second-order valence-corrected chi connectivity index (χ2v) is 7.54. The van der Waals surface area contributed by atoms with Crippen LogP contribution in [0.5, 0.6) is 0 Å². The Morgan fingerprint density at radius 1 is 1.08 bits per heavy atom. The minimum atomic E-state index is -3.77. The Morgan fingerprint density at radius 2 is 1.75 bits per heavy atom. The van der Waals surface area contributed by atoms with Crippen LogP contribution in [0, 0.1) is 5.92 Å². The van der Waals surface area contributed by atoms with E-state index in [2.05, 4.69) is 5.32 Å². The molecule has 2 aliphatic carbocycles. The predicted octanol–water partition coefficient (Wildman–Crippen LogP) is 1.83. The maximum Gasteiger partial charge on any atom is 0.352 e. The number of likely N-dealkylation sites (tertiary alicyclic amines) is 1. The van der Waals surface area contributed by atoms with Crippen molar-refractivity contribution >= 4 is 11.8 Å². The Labute approximate surface area is 140 Å². The molecular formula is C17H26F2N2O3. The number of carbonyl (C=O) groups excluding carboxylic acids is 2. The smallest absolute Gasteiger partial charge is 0.352 e. The van der Waals surface area contributed by atoms with Crippen molar-refractivity contribution in [2.75, 3.05) is 13.1 Å². The molecule has 1 unspecified atom stereocenters. The van der Waals surface area contributed by atoms with E-state index in [1.54, 1.807) is 4.90 Å². The first kappa shape index (κ1) is 17.6. The first-order valence-electron chi connectivity index (χ1n) is 9.03. The zero-order valence-corrected chi connectivity index (χ0v) is 13.9. The van der Waals surface area contributed by atoms with E-state index in [9.17, 15) is 23.5 Å². The molecule has 3 aliphatic rings. The molecule has 5 nitrogen and oxygen atoms in total. The van der Waals surface area contributed by atoms with Crippen molar-refractivity contribution in [3.8, 4) is 0 Å². The molecule has 0 bridgehead atoms. The van der Waals surface area contributed by atoms with Gasteiger partial charge in [-0.1, -0.05) is 19.3 Å². The van der Waals surface area contributed by atoms with Crippen LogP contribution in [-0.4, -0.2) is 52.5 Å². The van der Waals surface area contributed by atoms with Crippen molar-refractivity contribution < 1.29 is 23.5 Å². The molecule has 2 amide bonds. The summed E-state index contributed by atoms with van der Waals surface area (Å²) in [7, 11) is 0.